The van der Waals surface area contributed by atoms with Gasteiger partial charge in [0.05, 0.1) is 19.9 Å². The molecule has 0 N–H and O–H groups in total. The molecule has 0 radical (unpaired) electrons. The van der Waals surface area contributed by atoms with Crippen molar-refractivity contribution in [1.82, 2.24) is 4.98 Å². The summed E-state index contributed by atoms with van der Waals surface area (Å²) in [6.45, 7) is 2.20. The van der Waals surface area contributed by atoms with Gasteiger partial charge < -0.3 is 9.47 Å². The van der Waals surface area contributed by atoms with Crippen LogP contribution in [0.15, 0.2) is 18.3 Å². The van der Waals surface area contributed by atoms with Gasteiger partial charge in [0.1, 0.15) is 0 Å². The Balaban J connectivity index is 2.42. The first-order valence-electron chi connectivity index (χ1n) is 5.78. The monoisotopic (exact) mass is 229 g/mol. The molecule has 1 heterocycles. The summed E-state index contributed by atoms with van der Waals surface area (Å²) in [5, 5.41) is 2.43. The Morgan fingerprint density at radius 1 is 1.29 bits per heavy atom. The van der Waals surface area contributed by atoms with E-state index in [1.807, 2.05) is 18.3 Å². The molecule has 0 bridgehead atoms. The summed E-state index contributed by atoms with van der Waals surface area (Å²) in [6.07, 6.45) is 2.85. The average molecular weight is 229 g/mol. The molecule has 1 aromatic heterocycles. The van der Waals surface area contributed by atoms with Crippen LogP contribution in [-0.4, -0.2) is 19.2 Å². The summed E-state index contributed by atoms with van der Waals surface area (Å²) in [6, 6.07) is 4.06. The SMILES string of the molecule is COc1cc2ccnc3c2c(c1OC)CC3C. The number of methoxy groups -OCH3 is 2. The number of hydrogen-bond acceptors (Lipinski definition) is 3. The quantitative estimate of drug-likeness (QED) is 0.793. The zero-order valence-corrected chi connectivity index (χ0v) is 10.3. The fourth-order valence-corrected chi connectivity index (χ4v) is 2.76. The predicted octanol–water partition coefficient (Wildman–Crippen LogP) is 2.91. The van der Waals surface area contributed by atoms with Crippen molar-refractivity contribution < 1.29 is 9.47 Å². The van der Waals surface area contributed by atoms with Crippen LogP contribution >= 0.6 is 0 Å². The molecule has 0 saturated carbocycles. The molecular formula is C14H15NO2. The molecule has 3 nitrogen and oxygen atoms in total. The van der Waals surface area contributed by atoms with Gasteiger partial charge in [0.2, 0.25) is 0 Å². The predicted molar refractivity (Wildman–Crippen MR) is 67.0 cm³/mol. The third-order valence-electron chi connectivity index (χ3n) is 3.50. The Kier molecular flexibility index (Phi) is 2.21. The standard InChI is InChI=1S/C14H15NO2/c1-8-6-10-12-9(4-5-15-13(8)12)7-11(16-2)14(10)17-3/h4-5,7-8H,6H2,1-3H3. The van der Waals surface area contributed by atoms with Gasteiger partial charge in [-0.1, -0.05) is 6.92 Å². The molecule has 2 aromatic rings. The lowest BCUT2D eigenvalue weighted by molar-refractivity contribution is 0.352. The van der Waals surface area contributed by atoms with E-state index in [-0.39, 0.29) is 0 Å². The molecule has 17 heavy (non-hydrogen) atoms. The van der Waals surface area contributed by atoms with E-state index in [0.29, 0.717) is 5.92 Å². The molecule has 1 unspecified atom stereocenters. The van der Waals surface area contributed by atoms with Crippen molar-refractivity contribution in [2.75, 3.05) is 14.2 Å². The van der Waals surface area contributed by atoms with Crippen LogP contribution in [0.2, 0.25) is 0 Å². The summed E-state index contributed by atoms with van der Waals surface area (Å²) in [5.41, 5.74) is 2.41. The first-order valence-corrected chi connectivity index (χ1v) is 5.78. The molecule has 0 amide bonds. The Hall–Kier alpha value is -1.77. The molecule has 1 aliphatic carbocycles. The normalized spacial score (nSPS) is 17.5. The van der Waals surface area contributed by atoms with Gasteiger partial charge in [0.25, 0.3) is 0 Å². The number of benzene rings is 1. The van der Waals surface area contributed by atoms with Crippen LogP contribution in [0.25, 0.3) is 10.8 Å². The van der Waals surface area contributed by atoms with Gasteiger partial charge in [-0.3, -0.25) is 4.98 Å². The second-order valence-electron chi connectivity index (χ2n) is 4.49. The van der Waals surface area contributed by atoms with Crippen LogP contribution in [0.1, 0.15) is 24.1 Å². The number of ether oxygens (including phenoxy) is 2. The first kappa shape index (κ1) is 10.4. The molecule has 0 aliphatic heterocycles. The van der Waals surface area contributed by atoms with Gasteiger partial charge in [-0.25, -0.2) is 0 Å². The van der Waals surface area contributed by atoms with E-state index in [4.69, 9.17) is 9.47 Å². The highest BCUT2D eigenvalue weighted by molar-refractivity contribution is 5.94. The number of aromatic nitrogens is 1. The van der Waals surface area contributed by atoms with Crippen molar-refractivity contribution in [2.45, 2.75) is 19.3 Å². The summed E-state index contributed by atoms with van der Waals surface area (Å²) in [4.78, 5) is 4.49. The molecule has 1 atom stereocenters. The second-order valence-corrected chi connectivity index (χ2v) is 4.49. The molecule has 0 saturated heterocycles. The highest BCUT2D eigenvalue weighted by Gasteiger charge is 2.27. The maximum Gasteiger partial charge on any atom is 0.164 e. The Labute approximate surface area is 100 Å². The van der Waals surface area contributed by atoms with E-state index < -0.39 is 0 Å². The van der Waals surface area contributed by atoms with Gasteiger partial charge >= 0.3 is 0 Å². The van der Waals surface area contributed by atoms with Crippen LogP contribution in [0.3, 0.4) is 0 Å². The van der Waals surface area contributed by atoms with Crippen molar-refractivity contribution in [3.8, 4) is 11.5 Å². The Morgan fingerprint density at radius 3 is 2.82 bits per heavy atom. The molecule has 1 aliphatic rings. The minimum Gasteiger partial charge on any atom is -0.493 e. The minimum absolute atomic E-state index is 0.453. The van der Waals surface area contributed by atoms with Gasteiger partial charge in [-0.2, -0.15) is 0 Å². The van der Waals surface area contributed by atoms with Crippen molar-refractivity contribution in [2.24, 2.45) is 0 Å². The van der Waals surface area contributed by atoms with Crippen molar-refractivity contribution in [1.29, 1.82) is 0 Å². The summed E-state index contributed by atoms with van der Waals surface area (Å²) in [5.74, 6) is 2.12. The smallest absolute Gasteiger partial charge is 0.164 e. The van der Waals surface area contributed by atoms with Gasteiger partial charge in [0, 0.05) is 23.1 Å². The van der Waals surface area contributed by atoms with E-state index >= 15 is 0 Å². The van der Waals surface area contributed by atoms with Crippen LogP contribution in [0, 0.1) is 0 Å². The summed E-state index contributed by atoms with van der Waals surface area (Å²) >= 11 is 0. The van der Waals surface area contributed by atoms with E-state index in [1.165, 1.54) is 22.0 Å². The fraction of sp³-hybridized carbons (Fsp3) is 0.357. The van der Waals surface area contributed by atoms with Crippen molar-refractivity contribution in [3.05, 3.63) is 29.6 Å². The van der Waals surface area contributed by atoms with Gasteiger partial charge in [0.15, 0.2) is 11.5 Å². The largest absolute Gasteiger partial charge is 0.493 e. The van der Waals surface area contributed by atoms with E-state index in [1.54, 1.807) is 14.2 Å². The second kappa shape index (κ2) is 3.62. The van der Waals surface area contributed by atoms with E-state index in [9.17, 15) is 0 Å². The minimum atomic E-state index is 0.453. The lowest BCUT2D eigenvalue weighted by Crippen LogP contribution is -1.95. The highest BCUT2D eigenvalue weighted by Crippen LogP contribution is 2.45. The van der Waals surface area contributed by atoms with Gasteiger partial charge in [-0.05, 0) is 23.9 Å². The molecule has 0 fully saturated rings. The first-order chi connectivity index (χ1) is 8.26. The molecule has 3 heteroatoms. The molecule has 0 spiro atoms. The molecule has 1 aromatic carbocycles. The zero-order valence-electron chi connectivity index (χ0n) is 10.3. The zero-order chi connectivity index (χ0) is 12.0. The van der Waals surface area contributed by atoms with E-state index in [2.05, 4.69) is 11.9 Å². The van der Waals surface area contributed by atoms with Crippen LogP contribution in [0.4, 0.5) is 0 Å². The van der Waals surface area contributed by atoms with Gasteiger partial charge in [-0.15, -0.1) is 0 Å². The van der Waals surface area contributed by atoms with Crippen LogP contribution < -0.4 is 9.47 Å². The van der Waals surface area contributed by atoms with Crippen molar-refractivity contribution >= 4 is 10.8 Å². The third-order valence-corrected chi connectivity index (χ3v) is 3.50. The maximum absolute atomic E-state index is 5.50. The molecule has 88 valence electrons. The van der Waals surface area contributed by atoms with Crippen LogP contribution in [-0.2, 0) is 6.42 Å². The number of nitrogens with zero attached hydrogens (tertiary/aromatic N) is 1. The molecular weight excluding hydrogens is 214 g/mol. The summed E-state index contributed by atoms with van der Waals surface area (Å²) in [7, 11) is 3.37. The fourth-order valence-electron chi connectivity index (χ4n) is 2.76. The van der Waals surface area contributed by atoms with E-state index in [0.717, 1.165) is 17.9 Å². The highest BCUT2D eigenvalue weighted by atomic mass is 16.5. The third kappa shape index (κ3) is 1.32. The van der Waals surface area contributed by atoms with Crippen molar-refractivity contribution in [3.63, 3.8) is 0 Å². The maximum atomic E-state index is 5.50. The average Bonchev–Trinajstić information content (AvgIpc) is 2.69. The number of pyridine rings is 1. The number of hydrogen-bond donors (Lipinski definition) is 0. The lowest BCUT2D eigenvalue weighted by Gasteiger charge is -2.12. The molecule has 3 rings (SSSR count). The topological polar surface area (TPSA) is 31.4 Å². The Bertz CT molecular complexity index is 592. The number of rotatable bonds is 2. The lowest BCUT2D eigenvalue weighted by atomic mass is 10.1. The Morgan fingerprint density at radius 2 is 2.12 bits per heavy atom. The summed E-state index contributed by atoms with van der Waals surface area (Å²) < 4.78 is 10.9. The van der Waals surface area contributed by atoms with Crippen LogP contribution in [0.5, 0.6) is 11.5 Å².